The van der Waals surface area contributed by atoms with Crippen LogP contribution in [0.4, 0.5) is 0 Å². The van der Waals surface area contributed by atoms with Crippen LogP contribution in [0.5, 0.6) is 0 Å². The third-order valence-corrected chi connectivity index (χ3v) is 2.35. The summed E-state index contributed by atoms with van der Waals surface area (Å²) in [6, 6.07) is 0. The van der Waals surface area contributed by atoms with E-state index in [9.17, 15) is 0 Å². The highest BCUT2D eigenvalue weighted by Gasteiger charge is 1.98. The first-order valence-electron chi connectivity index (χ1n) is 4.07. The monoisotopic (exact) mass is 183 g/mol. The Morgan fingerprint density at radius 1 is 1.42 bits per heavy atom. The topological polar surface area (TPSA) is 4.93 Å². The van der Waals surface area contributed by atoms with Gasteiger partial charge >= 0.3 is 0 Å². The molecule has 0 aliphatic heterocycles. The highest BCUT2D eigenvalue weighted by molar-refractivity contribution is 6.17. The number of hydrogen-bond donors (Lipinski definition) is 0. The third kappa shape index (κ3) is 1.42. The van der Waals surface area contributed by atoms with Crippen molar-refractivity contribution in [1.29, 1.82) is 0 Å². The lowest BCUT2D eigenvalue weighted by atomic mass is 10.3. The normalized spacial score (nSPS) is 14.3. The summed E-state index contributed by atoms with van der Waals surface area (Å²) in [5.41, 5.74) is 1.20. The van der Waals surface area contributed by atoms with E-state index in [4.69, 9.17) is 11.6 Å². The molecule has 2 heteroatoms. The fourth-order valence-electron chi connectivity index (χ4n) is 1.53. The van der Waals surface area contributed by atoms with Crippen LogP contribution >= 0.6 is 11.6 Å². The van der Waals surface area contributed by atoms with Gasteiger partial charge in [0.25, 0.3) is 0 Å². The lowest BCUT2D eigenvalue weighted by molar-refractivity contribution is 0.885. The average molecular weight is 184 g/mol. The number of halogens is 1. The van der Waals surface area contributed by atoms with Crippen molar-refractivity contribution in [3.05, 3.63) is 22.3 Å². The van der Waals surface area contributed by atoms with E-state index in [2.05, 4.69) is 22.9 Å². The summed E-state index contributed by atoms with van der Waals surface area (Å²) >= 11 is 5.81. The lowest BCUT2D eigenvalue weighted by Gasteiger charge is -1.87. The molecule has 0 aliphatic carbocycles. The molecule has 1 aromatic rings. The minimum absolute atomic E-state index is 0.585. The second-order valence-electron chi connectivity index (χ2n) is 2.78. The van der Waals surface area contributed by atoms with Crippen molar-refractivity contribution in [2.24, 2.45) is 7.05 Å². The molecular weight excluding hydrogens is 170 g/mol. The maximum absolute atomic E-state index is 5.81. The van der Waals surface area contributed by atoms with Crippen molar-refractivity contribution in [2.75, 3.05) is 0 Å². The van der Waals surface area contributed by atoms with Crippen LogP contribution in [0, 0.1) is 0 Å². The number of hydrogen-bond acceptors (Lipinski definition) is 0. The smallest absolute Gasteiger partial charge is 0.0495 e. The predicted molar refractivity (Wildman–Crippen MR) is 54.5 cm³/mol. The van der Waals surface area contributed by atoms with Crippen LogP contribution in [-0.2, 0) is 12.9 Å². The van der Waals surface area contributed by atoms with Crippen molar-refractivity contribution < 1.29 is 0 Å². The van der Waals surface area contributed by atoms with E-state index in [1.165, 1.54) is 16.1 Å². The van der Waals surface area contributed by atoms with Crippen molar-refractivity contribution in [1.82, 2.24) is 4.57 Å². The summed E-state index contributed by atoms with van der Waals surface area (Å²) in [5, 5.41) is 2.50. The molecule has 1 rings (SSSR count). The van der Waals surface area contributed by atoms with Crippen molar-refractivity contribution in [3.8, 4) is 0 Å². The second-order valence-corrected chi connectivity index (χ2v) is 3.04. The molecule has 0 radical (unpaired) electrons. The number of rotatable bonds is 1. The van der Waals surface area contributed by atoms with Gasteiger partial charge in [0.2, 0.25) is 0 Å². The molecular formula is C10H14ClN. The molecule has 0 fully saturated rings. The van der Waals surface area contributed by atoms with Gasteiger partial charge in [-0.2, -0.15) is 0 Å². The summed E-state index contributed by atoms with van der Waals surface area (Å²) in [5.74, 6) is 0.585. The molecule has 0 unspecified atom stereocenters. The maximum Gasteiger partial charge on any atom is 0.0495 e. The predicted octanol–water partition coefficient (Wildman–Crippen LogP) is 1.36. The first-order chi connectivity index (χ1) is 5.74. The van der Waals surface area contributed by atoms with E-state index >= 15 is 0 Å². The second kappa shape index (κ2) is 3.81. The Kier molecular flexibility index (Phi) is 2.99. The third-order valence-electron chi connectivity index (χ3n) is 2.06. The van der Waals surface area contributed by atoms with Crippen LogP contribution in [0.2, 0.25) is 0 Å². The highest BCUT2D eigenvalue weighted by Crippen LogP contribution is 1.93. The first kappa shape index (κ1) is 9.40. The molecule has 0 atom stereocenters. The van der Waals surface area contributed by atoms with E-state index in [0.717, 1.165) is 0 Å². The largest absolute Gasteiger partial charge is 0.350 e. The number of alkyl halides is 1. The van der Waals surface area contributed by atoms with Crippen molar-refractivity contribution in [3.63, 3.8) is 0 Å². The van der Waals surface area contributed by atoms with Gasteiger partial charge in [0, 0.05) is 24.5 Å². The van der Waals surface area contributed by atoms with Crippen molar-refractivity contribution >= 4 is 23.8 Å². The summed E-state index contributed by atoms with van der Waals surface area (Å²) in [6.45, 7) is 4.08. The molecule has 1 nitrogen and oxygen atoms in total. The molecule has 66 valence electrons. The molecule has 1 heterocycles. The summed E-state index contributed by atoms with van der Waals surface area (Å²) < 4.78 is 2.10. The molecule has 0 saturated heterocycles. The van der Waals surface area contributed by atoms with Gasteiger partial charge in [-0.25, -0.2) is 0 Å². The van der Waals surface area contributed by atoms with E-state index in [0.29, 0.717) is 5.88 Å². The molecule has 0 spiro atoms. The van der Waals surface area contributed by atoms with Crippen LogP contribution in [0.25, 0.3) is 12.2 Å². The summed E-state index contributed by atoms with van der Waals surface area (Å²) in [7, 11) is 2.04. The van der Waals surface area contributed by atoms with Gasteiger partial charge in [-0.15, -0.1) is 11.6 Å². The van der Waals surface area contributed by atoms with Crippen LogP contribution in [-0.4, -0.2) is 4.57 Å². The molecule has 0 N–H and O–H groups in total. The zero-order valence-electron chi connectivity index (χ0n) is 7.76. The van der Waals surface area contributed by atoms with Gasteiger partial charge < -0.3 is 4.57 Å². The van der Waals surface area contributed by atoms with Gasteiger partial charge in [0.1, 0.15) is 0 Å². The number of aromatic nitrogens is 1. The van der Waals surface area contributed by atoms with E-state index < -0.39 is 0 Å². The van der Waals surface area contributed by atoms with Crippen LogP contribution in [0.1, 0.15) is 19.4 Å². The van der Waals surface area contributed by atoms with E-state index in [1.807, 2.05) is 20.9 Å². The Hall–Kier alpha value is -0.690. The number of aryl methyl sites for hydroxylation is 1. The molecule has 0 saturated carbocycles. The Balaban J connectivity index is 3.60. The lowest BCUT2D eigenvalue weighted by Crippen LogP contribution is -2.28. The van der Waals surface area contributed by atoms with E-state index in [-0.39, 0.29) is 0 Å². The van der Waals surface area contributed by atoms with Crippen LogP contribution < -0.4 is 10.6 Å². The molecule has 0 aromatic carbocycles. The summed E-state index contributed by atoms with van der Waals surface area (Å²) in [6.07, 6.45) is 6.29. The van der Waals surface area contributed by atoms with Crippen LogP contribution in [0.15, 0.2) is 6.20 Å². The van der Waals surface area contributed by atoms with Crippen LogP contribution in [0.3, 0.4) is 0 Å². The first-order valence-corrected chi connectivity index (χ1v) is 4.61. The minimum Gasteiger partial charge on any atom is -0.350 e. The van der Waals surface area contributed by atoms with Gasteiger partial charge in [-0.3, -0.25) is 0 Å². The van der Waals surface area contributed by atoms with Gasteiger partial charge in [0.15, 0.2) is 0 Å². The molecule has 0 aliphatic rings. The average Bonchev–Trinajstić information content (AvgIpc) is 2.40. The molecule has 0 bridgehead atoms. The maximum atomic E-state index is 5.81. The highest BCUT2D eigenvalue weighted by atomic mass is 35.5. The van der Waals surface area contributed by atoms with Gasteiger partial charge in [-0.1, -0.05) is 12.2 Å². The quantitative estimate of drug-likeness (QED) is 0.580. The van der Waals surface area contributed by atoms with Crippen molar-refractivity contribution in [2.45, 2.75) is 19.7 Å². The Labute approximate surface area is 78.0 Å². The SMILES string of the molecule is CC=c1c(CCl)cn(C)c1=CC. The van der Waals surface area contributed by atoms with Gasteiger partial charge in [0.05, 0.1) is 0 Å². The van der Waals surface area contributed by atoms with Gasteiger partial charge in [-0.05, 0) is 24.6 Å². The molecule has 1 aromatic heterocycles. The van der Waals surface area contributed by atoms with E-state index in [1.54, 1.807) is 0 Å². The Morgan fingerprint density at radius 2 is 2.08 bits per heavy atom. The zero-order chi connectivity index (χ0) is 9.14. The summed E-state index contributed by atoms with van der Waals surface area (Å²) in [4.78, 5) is 0. The molecule has 0 amide bonds. The Morgan fingerprint density at radius 3 is 2.50 bits per heavy atom. The molecule has 12 heavy (non-hydrogen) atoms. The fourth-order valence-corrected chi connectivity index (χ4v) is 1.74. The number of nitrogens with zero attached hydrogens (tertiary/aromatic N) is 1. The fraction of sp³-hybridized carbons (Fsp3) is 0.400. The Bertz CT molecular complexity index is 373. The zero-order valence-corrected chi connectivity index (χ0v) is 8.52. The minimum atomic E-state index is 0.585. The standard InChI is InChI=1S/C10H14ClN/c1-4-9-8(6-11)7-12(3)10(9)5-2/h4-5,7H,6H2,1-3H3.